The van der Waals surface area contributed by atoms with Gasteiger partial charge in [0.25, 0.3) is 0 Å². The van der Waals surface area contributed by atoms with Gasteiger partial charge in [-0.05, 0) is 0 Å². The third-order valence-corrected chi connectivity index (χ3v) is 5.65. The molecular weight excluding hydrogens is 324 g/mol. The quantitative estimate of drug-likeness (QED) is 0.498. The van der Waals surface area contributed by atoms with E-state index in [1.807, 2.05) is 0 Å². The average molecular weight is 351 g/mol. The van der Waals surface area contributed by atoms with E-state index in [1.165, 1.54) is 0 Å². The van der Waals surface area contributed by atoms with E-state index in [0.29, 0.717) is 25.9 Å². The van der Waals surface area contributed by atoms with Gasteiger partial charge >= 0.3 is 127 Å². The molecule has 4 nitrogen and oxygen atoms in total. The Balaban J connectivity index is 2.42. The molecule has 127 valence electrons. The first-order valence-electron chi connectivity index (χ1n) is 7.73. The summed E-state index contributed by atoms with van der Waals surface area (Å²) in [7, 11) is 0. The molecule has 21 heavy (non-hydrogen) atoms. The van der Waals surface area contributed by atoms with Crippen LogP contribution in [0.2, 0.25) is 0 Å². The number of nitrogens with zero attached hydrogens (tertiary/aromatic N) is 1. The Hall–Kier alpha value is 0.274. The van der Waals surface area contributed by atoms with E-state index >= 15 is 0 Å². The molecule has 3 N–H and O–H groups in total. The van der Waals surface area contributed by atoms with Crippen LogP contribution in [-0.2, 0) is 17.7 Å². The Kier molecular flexibility index (Phi) is 8.67. The van der Waals surface area contributed by atoms with Crippen LogP contribution in [-0.4, -0.2) is 55.7 Å². The Morgan fingerprint density at radius 3 is 1.24 bits per heavy atom. The monoisotopic (exact) mass is 351 g/mol. The van der Waals surface area contributed by atoms with Gasteiger partial charge in [0.05, 0.1) is 0 Å². The van der Waals surface area contributed by atoms with Gasteiger partial charge in [-0.25, -0.2) is 0 Å². The van der Waals surface area contributed by atoms with E-state index in [9.17, 15) is 12.4 Å². The summed E-state index contributed by atoms with van der Waals surface area (Å²) >= 11 is -8.31. The molecular formula is C12H27F4N4Ti. The van der Waals surface area contributed by atoms with E-state index in [1.54, 1.807) is 0 Å². The minimum atomic E-state index is -8.31. The molecule has 0 aromatic rings. The Morgan fingerprint density at radius 1 is 0.571 bits per heavy atom. The molecule has 1 fully saturated rings. The first-order chi connectivity index (χ1) is 9.86. The molecule has 0 amide bonds. The van der Waals surface area contributed by atoms with Gasteiger partial charge in [-0.15, -0.1) is 0 Å². The van der Waals surface area contributed by atoms with Crippen molar-refractivity contribution in [3.8, 4) is 0 Å². The van der Waals surface area contributed by atoms with Gasteiger partial charge in [-0.1, -0.05) is 0 Å². The third-order valence-electron chi connectivity index (χ3n) is 3.46. The molecule has 0 aliphatic carbocycles. The van der Waals surface area contributed by atoms with Crippen molar-refractivity contribution in [2.75, 3.05) is 52.4 Å². The van der Waals surface area contributed by atoms with Gasteiger partial charge < -0.3 is 0 Å². The molecule has 1 rings (SSSR count). The van der Waals surface area contributed by atoms with Gasteiger partial charge in [0.15, 0.2) is 0 Å². The summed E-state index contributed by atoms with van der Waals surface area (Å²) in [5.41, 5.74) is 0. The van der Waals surface area contributed by atoms with Crippen molar-refractivity contribution >= 4 is 0 Å². The van der Waals surface area contributed by atoms with Gasteiger partial charge in [-0.2, -0.15) is 0 Å². The van der Waals surface area contributed by atoms with E-state index in [-0.39, 0.29) is 16.5 Å². The number of hydrogen-bond donors (Lipinski definition) is 3. The van der Waals surface area contributed by atoms with Gasteiger partial charge in [0, 0.05) is 0 Å². The standard InChI is InChI=1S/C12H27N4.4FH.Ti/c1-5-13-7-2-9-15-11-4-12-16-10-3-8-14-6-1;;;;;/h13-15H,1-12H2;4*1H;/q-1;;;;;+5/p-4. The van der Waals surface area contributed by atoms with Crippen LogP contribution in [0.15, 0.2) is 0 Å². The normalized spacial score (nSPS) is 25.0. The van der Waals surface area contributed by atoms with Crippen LogP contribution in [0, 0.1) is 0 Å². The van der Waals surface area contributed by atoms with E-state index in [2.05, 4.69) is 16.0 Å². The second kappa shape index (κ2) is 9.42. The summed E-state index contributed by atoms with van der Waals surface area (Å²) in [4.78, 5) is 0. The summed E-state index contributed by atoms with van der Waals surface area (Å²) in [6.07, 6.45) is 2.53. The predicted molar refractivity (Wildman–Crippen MR) is 73.1 cm³/mol. The molecule has 0 aromatic heterocycles. The Morgan fingerprint density at radius 2 is 0.905 bits per heavy atom. The molecule has 9 heteroatoms. The van der Waals surface area contributed by atoms with Crippen LogP contribution in [0.5, 0.6) is 0 Å². The molecule has 0 bridgehead atoms. The Bertz CT molecular complexity index is 263. The van der Waals surface area contributed by atoms with Crippen molar-refractivity contribution in [2.24, 2.45) is 0 Å². The summed E-state index contributed by atoms with van der Waals surface area (Å²) < 4.78 is 52.3. The molecule has 1 aliphatic heterocycles. The van der Waals surface area contributed by atoms with Crippen molar-refractivity contribution < 1.29 is 30.1 Å². The van der Waals surface area contributed by atoms with E-state index in [0.717, 1.165) is 39.0 Å². The van der Waals surface area contributed by atoms with Crippen LogP contribution >= 0.6 is 0 Å². The summed E-state index contributed by atoms with van der Waals surface area (Å²) in [5, 5.41) is 9.53. The zero-order valence-corrected chi connectivity index (χ0v) is 14.0. The molecule has 0 aromatic carbocycles. The fraction of sp³-hybridized carbons (Fsp3) is 1.00. The van der Waals surface area contributed by atoms with Gasteiger partial charge in [-0.3, -0.25) is 0 Å². The molecule has 1 aliphatic rings. The molecule has 0 atom stereocenters. The first kappa shape index (κ1) is 19.3. The molecule has 1 saturated heterocycles. The summed E-state index contributed by atoms with van der Waals surface area (Å²) in [5.74, 6) is 0. The third kappa shape index (κ3) is 9.81. The topological polar surface area (TPSA) is 39.3 Å². The molecule has 0 saturated carbocycles. The summed E-state index contributed by atoms with van der Waals surface area (Å²) in [6, 6.07) is 0. The van der Waals surface area contributed by atoms with Crippen LogP contribution in [0.3, 0.4) is 0 Å². The van der Waals surface area contributed by atoms with Crippen LogP contribution in [0.4, 0.5) is 12.4 Å². The summed E-state index contributed by atoms with van der Waals surface area (Å²) in [6.45, 7) is 3.89. The zero-order chi connectivity index (χ0) is 15.6. The van der Waals surface area contributed by atoms with Crippen molar-refractivity contribution in [1.82, 2.24) is 19.3 Å². The Labute approximate surface area is 127 Å². The fourth-order valence-electron chi connectivity index (χ4n) is 2.29. The number of halogens is 4. The maximum atomic E-state index is 13.0. The molecule has 0 radical (unpaired) electrons. The van der Waals surface area contributed by atoms with Gasteiger partial charge in [0.1, 0.15) is 0 Å². The maximum absolute atomic E-state index is 13.0. The van der Waals surface area contributed by atoms with E-state index in [4.69, 9.17) is 0 Å². The van der Waals surface area contributed by atoms with Crippen molar-refractivity contribution in [1.29, 1.82) is 0 Å². The van der Waals surface area contributed by atoms with Crippen LogP contribution in [0.25, 0.3) is 0 Å². The van der Waals surface area contributed by atoms with Crippen LogP contribution < -0.4 is 16.0 Å². The minimum absolute atomic E-state index is 0.175. The molecule has 1 heterocycles. The number of nitrogens with one attached hydrogen (secondary N) is 3. The second-order valence-corrected chi connectivity index (χ2v) is 8.80. The predicted octanol–water partition coefficient (Wildman–Crippen LogP) is 1.77. The molecule has 0 unspecified atom stereocenters. The zero-order valence-electron chi connectivity index (χ0n) is 12.4. The number of rotatable bonds is 1. The average Bonchev–Trinajstić information content (AvgIpc) is 2.36. The number of hydrogen-bond acceptors (Lipinski definition) is 4. The van der Waals surface area contributed by atoms with Crippen molar-refractivity contribution in [2.45, 2.75) is 25.7 Å². The molecule has 0 spiro atoms. The first-order valence-corrected chi connectivity index (χ1v) is 10.8. The van der Waals surface area contributed by atoms with Crippen LogP contribution in [0.1, 0.15) is 25.7 Å². The van der Waals surface area contributed by atoms with Crippen molar-refractivity contribution in [3.63, 3.8) is 0 Å². The van der Waals surface area contributed by atoms with Gasteiger partial charge in [0.2, 0.25) is 0 Å². The van der Waals surface area contributed by atoms with Crippen molar-refractivity contribution in [3.05, 3.63) is 0 Å². The van der Waals surface area contributed by atoms with E-state index < -0.39 is 17.7 Å². The fourth-order valence-corrected chi connectivity index (χ4v) is 3.84. The second-order valence-electron chi connectivity index (χ2n) is 5.42. The SMILES string of the molecule is [F][Ti]([F])([F])([F])[N]1CCCNCCCNCCCNCCC1.